The predicted octanol–water partition coefficient (Wildman–Crippen LogP) is 6.14. The molecular weight excluding hydrogens is 487 g/mol. The first-order valence-corrected chi connectivity index (χ1v) is 12.3. The number of carbonyl (C=O) groups excluding carboxylic acids is 1. The summed E-state index contributed by atoms with van der Waals surface area (Å²) in [6.45, 7) is 2.18. The molecule has 2 N–H and O–H groups in total. The smallest absolute Gasteiger partial charge is 0.416 e. The summed E-state index contributed by atoms with van der Waals surface area (Å²) >= 11 is 0. The highest BCUT2D eigenvalue weighted by Crippen LogP contribution is 2.30. The fraction of sp³-hybridized carbons (Fsp3) is 0.407. The molecule has 37 heavy (non-hydrogen) atoms. The molecule has 3 rings (SSSR count). The summed E-state index contributed by atoms with van der Waals surface area (Å²) in [5.41, 5.74) is 0.944. The molecule has 1 atom stereocenters. The van der Waals surface area contributed by atoms with Crippen molar-refractivity contribution in [3.8, 4) is 11.5 Å². The van der Waals surface area contributed by atoms with Gasteiger partial charge in [-0.05, 0) is 48.2 Å². The van der Waals surface area contributed by atoms with E-state index in [4.69, 9.17) is 9.63 Å². The minimum absolute atomic E-state index is 0.164. The standard InChI is InChI=1S/C27H30F3N3O4/c1-2-3-4-5-6-7-8-23-32-25(37-33-23)20-11-9-18(10-12-20)17-22(31-24(34)26(35)36)19-13-15-21(16-14-19)27(28,29)30/h9-16,22H,2-8,17H2,1H3,(H,31,34)(H,35,36). The van der Waals surface area contributed by atoms with Gasteiger partial charge in [0.1, 0.15) is 0 Å². The molecule has 3 aromatic rings. The van der Waals surface area contributed by atoms with Gasteiger partial charge in [-0.25, -0.2) is 4.79 Å². The molecule has 1 heterocycles. The molecule has 1 aromatic heterocycles. The number of unbranched alkanes of at least 4 members (excludes halogenated alkanes) is 5. The maximum absolute atomic E-state index is 12.9. The molecule has 0 fully saturated rings. The molecule has 0 saturated heterocycles. The number of carboxylic acid groups (broad SMARTS) is 1. The predicted molar refractivity (Wildman–Crippen MR) is 130 cm³/mol. The van der Waals surface area contributed by atoms with Gasteiger partial charge in [0.25, 0.3) is 5.89 Å². The molecule has 0 aliphatic carbocycles. The largest absolute Gasteiger partial charge is 0.474 e. The number of aliphatic carboxylic acids is 1. The van der Waals surface area contributed by atoms with Crippen molar-refractivity contribution in [1.82, 2.24) is 15.5 Å². The van der Waals surface area contributed by atoms with Crippen LogP contribution in [0, 0.1) is 0 Å². The van der Waals surface area contributed by atoms with E-state index in [1.165, 1.54) is 37.8 Å². The van der Waals surface area contributed by atoms with Gasteiger partial charge >= 0.3 is 18.1 Å². The van der Waals surface area contributed by atoms with Gasteiger partial charge in [-0.3, -0.25) is 4.79 Å². The molecule has 2 aromatic carbocycles. The molecule has 0 bridgehead atoms. The van der Waals surface area contributed by atoms with Gasteiger partial charge in [0, 0.05) is 12.0 Å². The summed E-state index contributed by atoms with van der Waals surface area (Å²) in [6.07, 6.45) is 3.41. The number of benzene rings is 2. The second-order valence-corrected chi connectivity index (χ2v) is 8.89. The highest BCUT2D eigenvalue weighted by atomic mass is 19.4. The molecule has 0 aliphatic heterocycles. The van der Waals surface area contributed by atoms with Crippen LogP contribution in [0.2, 0.25) is 0 Å². The minimum atomic E-state index is -4.50. The zero-order valence-corrected chi connectivity index (χ0v) is 20.6. The first-order chi connectivity index (χ1) is 17.7. The quantitative estimate of drug-likeness (QED) is 0.221. The van der Waals surface area contributed by atoms with Crippen LogP contribution in [-0.4, -0.2) is 27.1 Å². The van der Waals surface area contributed by atoms with Crippen LogP contribution in [0.3, 0.4) is 0 Å². The van der Waals surface area contributed by atoms with Crippen LogP contribution in [0.5, 0.6) is 0 Å². The van der Waals surface area contributed by atoms with Gasteiger partial charge in [-0.2, -0.15) is 18.2 Å². The van der Waals surface area contributed by atoms with Crippen molar-refractivity contribution in [3.05, 3.63) is 71.0 Å². The highest BCUT2D eigenvalue weighted by Gasteiger charge is 2.30. The number of nitrogens with one attached hydrogen (secondary N) is 1. The fourth-order valence-corrected chi connectivity index (χ4v) is 3.93. The molecule has 0 saturated carbocycles. The Bertz CT molecular complexity index is 1160. The summed E-state index contributed by atoms with van der Waals surface area (Å²) in [6, 6.07) is 10.5. The molecule has 1 amide bonds. The van der Waals surface area contributed by atoms with Gasteiger partial charge in [0.05, 0.1) is 11.6 Å². The number of aryl methyl sites for hydroxylation is 1. The topological polar surface area (TPSA) is 105 Å². The highest BCUT2D eigenvalue weighted by molar-refractivity contribution is 6.31. The van der Waals surface area contributed by atoms with E-state index in [-0.39, 0.29) is 6.42 Å². The number of amides is 1. The Kier molecular flexibility index (Phi) is 9.82. The Balaban J connectivity index is 1.66. The van der Waals surface area contributed by atoms with Crippen molar-refractivity contribution in [2.24, 2.45) is 0 Å². The summed E-state index contributed by atoms with van der Waals surface area (Å²) in [5, 5.41) is 15.4. The SMILES string of the molecule is CCCCCCCCc1noc(-c2ccc(CC(NC(=O)C(=O)O)c3ccc(C(F)(F)F)cc3)cc2)n1. The molecule has 7 nitrogen and oxygen atoms in total. The van der Waals surface area contributed by atoms with Gasteiger partial charge in [-0.1, -0.05) is 68.4 Å². The number of carbonyl (C=O) groups is 2. The maximum atomic E-state index is 12.9. The summed E-state index contributed by atoms with van der Waals surface area (Å²) in [7, 11) is 0. The first-order valence-electron chi connectivity index (χ1n) is 12.3. The number of carboxylic acids is 1. The number of halogens is 3. The van der Waals surface area contributed by atoms with Gasteiger partial charge < -0.3 is 14.9 Å². The Labute approximate surface area is 213 Å². The van der Waals surface area contributed by atoms with E-state index in [1.54, 1.807) is 24.3 Å². The van der Waals surface area contributed by atoms with E-state index < -0.39 is 29.7 Å². The normalized spacial score (nSPS) is 12.3. The molecule has 198 valence electrons. The van der Waals surface area contributed by atoms with Crippen LogP contribution < -0.4 is 5.32 Å². The Hall–Kier alpha value is -3.69. The van der Waals surface area contributed by atoms with Crippen molar-refractivity contribution >= 4 is 11.9 Å². The van der Waals surface area contributed by atoms with E-state index >= 15 is 0 Å². The zero-order valence-electron chi connectivity index (χ0n) is 20.6. The molecule has 10 heteroatoms. The lowest BCUT2D eigenvalue weighted by molar-refractivity contribution is -0.150. The Morgan fingerprint density at radius 1 is 0.973 bits per heavy atom. The molecule has 0 spiro atoms. The Morgan fingerprint density at radius 2 is 1.62 bits per heavy atom. The molecular formula is C27H30F3N3O4. The monoisotopic (exact) mass is 517 g/mol. The van der Waals surface area contributed by atoms with Crippen LogP contribution >= 0.6 is 0 Å². The molecule has 0 radical (unpaired) electrons. The number of alkyl halides is 3. The average molecular weight is 518 g/mol. The van der Waals surface area contributed by atoms with E-state index in [9.17, 15) is 22.8 Å². The van der Waals surface area contributed by atoms with Crippen molar-refractivity contribution < 1.29 is 32.4 Å². The fourth-order valence-electron chi connectivity index (χ4n) is 3.93. The van der Waals surface area contributed by atoms with E-state index in [2.05, 4.69) is 22.4 Å². The van der Waals surface area contributed by atoms with Gasteiger partial charge in [0.2, 0.25) is 0 Å². The van der Waals surface area contributed by atoms with Crippen LogP contribution in [0.4, 0.5) is 13.2 Å². The average Bonchev–Trinajstić information content (AvgIpc) is 3.34. The van der Waals surface area contributed by atoms with E-state index in [0.717, 1.165) is 37.0 Å². The van der Waals surface area contributed by atoms with Crippen molar-refractivity contribution in [1.29, 1.82) is 0 Å². The van der Waals surface area contributed by atoms with Crippen LogP contribution in [-0.2, 0) is 28.6 Å². The van der Waals surface area contributed by atoms with Crippen molar-refractivity contribution in [3.63, 3.8) is 0 Å². The van der Waals surface area contributed by atoms with E-state index in [0.29, 0.717) is 22.8 Å². The van der Waals surface area contributed by atoms with Crippen molar-refractivity contribution in [2.45, 2.75) is 70.5 Å². The first kappa shape index (κ1) is 27.9. The lowest BCUT2D eigenvalue weighted by atomic mass is 9.97. The minimum Gasteiger partial charge on any atom is -0.474 e. The van der Waals surface area contributed by atoms with E-state index in [1.807, 2.05) is 0 Å². The lowest BCUT2D eigenvalue weighted by Crippen LogP contribution is -2.35. The maximum Gasteiger partial charge on any atom is 0.416 e. The zero-order chi connectivity index (χ0) is 26.8. The molecule has 0 aliphatic rings. The second kappa shape index (κ2) is 13.0. The Morgan fingerprint density at radius 3 is 2.24 bits per heavy atom. The van der Waals surface area contributed by atoms with Crippen LogP contribution in [0.25, 0.3) is 11.5 Å². The van der Waals surface area contributed by atoms with Gasteiger partial charge in [0.15, 0.2) is 5.82 Å². The molecule has 1 unspecified atom stereocenters. The third kappa shape index (κ3) is 8.44. The number of hydrogen-bond acceptors (Lipinski definition) is 5. The number of nitrogens with zero attached hydrogens (tertiary/aromatic N) is 2. The lowest BCUT2D eigenvalue weighted by Gasteiger charge is -2.19. The van der Waals surface area contributed by atoms with Gasteiger partial charge in [-0.15, -0.1) is 0 Å². The third-order valence-corrected chi connectivity index (χ3v) is 6.00. The summed E-state index contributed by atoms with van der Waals surface area (Å²) in [4.78, 5) is 27.3. The third-order valence-electron chi connectivity index (χ3n) is 6.00. The number of hydrogen-bond donors (Lipinski definition) is 2. The summed E-state index contributed by atoms with van der Waals surface area (Å²) < 4.78 is 44.1. The second-order valence-electron chi connectivity index (χ2n) is 8.89. The van der Waals surface area contributed by atoms with Crippen LogP contribution in [0.1, 0.15) is 74.0 Å². The van der Waals surface area contributed by atoms with Crippen molar-refractivity contribution in [2.75, 3.05) is 0 Å². The van der Waals surface area contributed by atoms with Crippen LogP contribution in [0.15, 0.2) is 53.1 Å². The number of aromatic nitrogens is 2. The number of rotatable bonds is 12. The summed E-state index contributed by atoms with van der Waals surface area (Å²) in [5.74, 6) is -1.90.